The highest BCUT2D eigenvalue weighted by Gasteiger charge is 2.38. The van der Waals surface area contributed by atoms with E-state index in [0.717, 1.165) is 13.0 Å². The molecule has 0 aromatic rings. The molecule has 0 saturated carbocycles. The van der Waals surface area contributed by atoms with Crippen molar-refractivity contribution in [2.45, 2.75) is 129 Å². The molecule has 0 atom stereocenters. The fourth-order valence-corrected chi connectivity index (χ4v) is 12.3. The van der Waals surface area contributed by atoms with Gasteiger partial charge in [-0.25, -0.2) is 0 Å². The molecule has 0 amide bonds. The molecule has 0 saturated heterocycles. The minimum absolute atomic E-state index is 0.0553. The van der Waals surface area contributed by atoms with Crippen molar-refractivity contribution in [1.29, 1.82) is 0 Å². The van der Waals surface area contributed by atoms with Gasteiger partial charge in [0.25, 0.3) is 0 Å². The molecule has 0 spiro atoms. The van der Waals surface area contributed by atoms with Crippen LogP contribution < -0.4 is 0 Å². The molecule has 0 fully saturated rings. The Kier molecular flexibility index (Phi) is 14.0. The van der Waals surface area contributed by atoms with Crippen LogP contribution in [0.3, 0.4) is 0 Å². The zero-order valence-electron chi connectivity index (χ0n) is 20.1. The molecular weight excluding hydrogens is 384 g/mol. The lowest BCUT2D eigenvalue weighted by molar-refractivity contribution is -0.0279. The fraction of sp³-hybridized carbons (Fsp3) is 1.00. The molecule has 0 bridgehead atoms. The molecule has 0 aliphatic rings. The van der Waals surface area contributed by atoms with E-state index in [0.29, 0.717) is 0 Å². The average molecular weight is 435 g/mol. The van der Waals surface area contributed by atoms with Gasteiger partial charge in [-0.15, -0.1) is 0 Å². The first-order valence-corrected chi connectivity index (χ1v) is 19.4. The van der Waals surface area contributed by atoms with Crippen molar-refractivity contribution in [3.63, 3.8) is 0 Å². The molecule has 0 heterocycles. The second kappa shape index (κ2) is 13.7. The maximum absolute atomic E-state index is 6.85. The molecule has 3 nitrogen and oxygen atoms in total. The smallest absolute Gasteiger partial charge is 0.195 e. The van der Waals surface area contributed by atoms with Gasteiger partial charge in [-0.2, -0.15) is 0 Å². The van der Waals surface area contributed by atoms with Crippen molar-refractivity contribution in [1.82, 2.24) is 0 Å². The molecule has 0 aromatic heterocycles. The summed E-state index contributed by atoms with van der Waals surface area (Å²) in [4.78, 5) is 0. The predicted molar refractivity (Wildman–Crippen MR) is 128 cm³/mol. The van der Waals surface area contributed by atoms with Crippen LogP contribution in [0, 0.1) is 0 Å². The topological polar surface area (TPSA) is 27.7 Å². The van der Waals surface area contributed by atoms with Crippen LogP contribution in [0.5, 0.6) is 0 Å². The Labute approximate surface area is 174 Å². The van der Waals surface area contributed by atoms with Gasteiger partial charge in [0, 0.05) is 13.0 Å². The van der Waals surface area contributed by atoms with Crippen LogP contribution >= 0.6 is 0 Å². The lowest BCUT2D eigenvalue weighted by Crippen LogP contribution is -2.47. The van der Waals surface area contributed by atoms with Gasteiger partial charge in [0.1, 0.15) is 6.29 Å². The maximum atomic E-state index is 6.85. The summed E-state index contributed by atoms with van der Waals surface area (Å²) in [6.45, 7) is 21.5. The minimum atomic E-state index is -1.69. The van der Waals surface area contributed by atoms with Gasteiger partial charge in [-0.05, 0) is 54.4 Å². The molecule has 0 aliphatic carbocycles. The first kappa shape index (κ1) is 27.5. The monoisotopic (exact) mass is 434 g/mol. The Morgan fingerprint density at radius 1 is 0.481 bits per heavy atom. The standard InChI is InChI=1S/C21H50O3Si3/c1-10-25(11-2,12-3)22-20-19-21(23-26(13-4,14-5)15-6)24-27(16-7,17-8)18-9/h21H,10-20H2,1-9H3. The molecule has 27 heavy (non-hydrogen) atoms. The Bertz CT molecular complexity index is 321. The van der Waals surface area contributed by atoms with Gasteiger partial charge in [0.15, 0.2) is 25.0 Å². The third-order valence-corrected chi connectivity index (χ3v) is 21.3. The maximum Gasteiger partial charge on any atom is 0.195 e. The van der Waals surface area contributed by atoms with Crippen molar-refractivity contribution in [3.8, 4) is 0 Å². The zero-order valence-corrected chi connectivity index (χ0v) is 23.1. The lowest BCUT2D eigenvalue weighted by Gasteiger charge is -2.39. The molecule has 0 rings (SSSR count). The Balaban J connectivity index is 5.29. The summed E-state index contributed by atoms with van der Waals surface area (Å²) in [7, 11) is -4.91. The Morgan fingerprint density at radius 2 is 0.778 bits per heavy atom. The summed E-state index contributed by atoms with van der Waals surface area (Å²) in [6.07, 6.45) is 0.846. The summed E-state index contributed by atoms with van der Waals surface area (Å²) in [5.41, 5.74) is 0. The van der Waals surface area contributed by atoms with E-state index in [-0.39, 0.29) is 6.29 Å². The zero-order chi connectivity index (χ0) is 21.0. The van der Waals surface area contributed by atoms with Crippen molar-refractivity contribution < 1.29 is 13.3 Å². The largest absolute Gasteiger partial charge is 0.417 e. The van der Waals surface area contributed by atoms with E-state index in [2.05, 4.69) is 62.3 Å². The molecule has 0 aromatic carbocycles. The van der Waals surface area contributed by atoms with Gasteiger partial charge in [-0.3, -0.25) is 0 Å². The summed E-state index contributed by atoms with van der Waals surface area (Å²) in [5.74, 6) is 0. The van der Waals surface area contributed by atoms with E-state index >= 15 is 0 Å². The third-order valence-electron chi connectivity index (χ3n) is 7.32. The fourth-order valence-electron chi connectivity index (χ4n) is 4.13. The summed E-state index contributed by atoms with van der Waals surface area (Å²) < 4.78 is 20.2. The minimum Gasteiger partial charge on any atom is -0.417 e. The number of hydrogen-bond acceptors (Lipinski definition) is 3. The highest BCUT2D eigenvalue weighted by Crippen LogP contribution is 2.30. The first-order chi connectivity index (χ1) is 12.8. The predicted octanol–water partition coefficient (Wildman–Crippen LogP) is 7.77. The summed E-state index contributed by atoms with van der Waals surface area (Å²) >= 11 is 0. The van der Waals surface area contributed by atoms with Crippen molar-refractivity contribution >= 4 is 25.0 Å². The molecule has 6 heteroatoms. The highest BCUT2D eigenvalue weighted by atomic mass is 28.4. The Morgan fingerprint density at radius 3 is 1.04 bits per heavy atom. The molecule has 0 aliphatic heterocycles. The van der Waals surface area contributed by atoms with E-state index in [4.69, 9.17) is 13.3 Å². The van der Waals surface area contributed by atoms with E-state index < -0.39 is 25.0 Å². The molecule has 164 valence electrons. The van der Waals surface area contributed by atoms with Crippen LogP contribution in [0.2, 0.25) is 54.4 Å². The van der Waals surface area contributed by atoms with Crippen molar-refractivity contribution in [3.05, 3.63) is 0 Å². The van der Waals surface area contributed by atoms with Gasteiger partial charge < -0.3 is 13.3 Å². The Hall–Kier alpha value is 0.531. The van der Waals surface area contributed by atoms with Crippen molar-refractivity contribution in [2.24, 2.45) is 0 Å². The first-order valence-electron chi connectivity index (χ1n) is 11.8. The van der Waals surface area contributed by atoms with Crippen LogP contribution in [-0.4, -0.2) is 37.8 Å². The molecular formula is C21H50O3Si3. The highest BCUT2D eigenvalue weighted by molar-refractivity contribution is 6.75. The summed E-state index contributed by atoms with van der Waals surface area (Å²) in [6, 6.07) is 10.7. The van der Waals surface area contributed by atoms with E-state index in [1.807, 2.05) is 0 Å². The molecule has 0 N–H and O–H groups in total. The van der Waals surface area contributed by atoms with Crippen LogP contribution in [0.15, 0.2) is 0 Å². The third kappa shape index (κ3) is 8.05. The van der Waals surface area contributed by atoms with E-state index in [1.165, 1.54) is 54.4 Å². The van der Waals surface area contributed by atoms with Gasteiger partial charge in [0.05, 0.1) is 0 Å². The number of hydrogen-bond donors (Lipinski definition) is 0. The quantitative estimate of drug-likeness (QED) is 0.173. The van der Waals surface area contributed by atoms with E-state index in [9.17, 15) is 0 Å². The second-order valence-electron chi connectivity index (χ2n) is 8.03. The summed E-state index contributed by atoms with van der Waals surface area (Å²) in [5, 5.41) is 0. The lowest BCUT2D eigenvalue weighted by atomic mass is 10.5. The van der Waals surface area contributed by atoms with Crippen LogP contribution in [-0.2, 0) is 13.3 Å². The van der Waals surface area contributed by atoms with E-state index in [1.54, 1.807) is 0 Å². The van der Waals surface area contributed by atoms with Crippen LogP contribution in [0.1, 0.15) is 68.7 Å². The van der Waals surface area contributed by atoms with Gasteiger partial charge >= 0.3 is 0 Å². The van der Waals surface area contributed by atoms with Crippen molar-refractivity contribution in [2.75, 3.05) is 6.61 Å². The van der Waals surface area contributed by atoms with Gasteiger partial charge in [0.2, 0.25) is 0 Å². The molecule has 0 unspecified atom stereocenters. The molecule has 0 radical (unpaired) electrons. The van der Waals surface area contributed by atoms with Crippen LogP contribution in [0.4, 0.5) is 0 Å². The number of rotatable bonds is 17. The van der Waals surface area contributed by atoms with Crippen LogP contribution in [0.25, 0.3) is 0 Å². The van der Waals surface area contributed by atoms with Gasteiger partial charge in [-0.1, -0.05) is 62.3 Å². The SMILES string of the molecule is CC[Si](CC)(CC)OCCC(O[Si](CC)(CC)CC)O[Si](CC)(CC)CC. The average Bonchev–Trinajstić information content (AvgIpc) is 2.73. The normalized spacial score (nSPS) is 13.6. The second-order valence-corrected chi connectivity index (χ2v) is 22.3.